The average molecular weight is 475 g/mol. The lowest BCUT2D eigenvalue weighted by Crippen LogP contribution is -2.52. The van der Waals surface area contributed by atoms with Crippen LogP contribution in [0.5, 0.6) is 0 Å². The maximum absolute atomic E-state index is 13.6. The minimum Gasteiger partial charge on any atom is -0.352 e. The molecule has 0 aliphatic rings. The summed E-state index contributed by atoms with van der Waals surface area (Å²) >= 11 is 1.51. The standard InChI is InChI=1S/C29H34N2O2S/c1-21(2)30-29(33)27(18-24-10-6-5-7-11-24)31(19-25-12-8-9-23(4)17-25)28(32)20-34-26-15-13-22(3)14-16-26/h5-17,21,27H,18-20H2,1-4H3,(H,30,33)/t27-/m0/s1. The van der Waals surface area contributed by atoms with E-state index in [1.807, 2.05) is 100 Å². The van der Waals surface area contributed by atoms with Crippen LogP contribution in [0, 0.1) is 13.8 Å². The Labute approximate surface area is 207 Å². The van der Waals surface area contributed by atoms with Gasteiger partial charge in [0.05, 0.1) is 5.75 Å². The lowest BCUT2D eigenvalue weighted by molar-refractivity contribution is -0.139. The SMILES string of the molecule is Cc1ccc(SCC(=O)N(Cc2cccc(C)c2)[C@@H](Cc2ccccc2)C(=O)NC(C)C)cc1. The van der Waals surface area contributed by atoms with Crippen molar-refractivity contribution in [2.24, 2.45) is 0 Å². The van der Waals surface area contributed by atoms with Crippen molar-refractivity contribution < 1.29 is 9.59 Å². The summed E-state index contributed by atoms with van der Waals surface area (Å²) in [4.78, 5) is 29.8. The molecule has 3 rings (SSSR count). The first-order chi connectivity index (χ1) is 16.3. The molecule has 0 unspecified atom stereocenters. The molecule has 0 aliphatic heterocycles. The van der Waals surface area contributed by atoms with Crippen molar-refractivity contribution in [1.29, 1.82) is 0 Å². The van der Waals surface area contributed by atoms with E-state index in [4.69, 9.17) is 0 Å². The van der Waals surface area contributed by atoms with Crippen molar-refractivity contribution in [2.75, 3.05) is 5.75 Å². The van der Waals surface area contributed by atoms with Gasteiger partial charge in [-0.1, -0.05) is 77.9 Å². The zero-order valence-electron chi connectivity index (χ0n) is 20.5. The number of aryl methyl sites for hydroxylation is 2. The van der Waals surface area contributed by atoms with Crippen LogP contribution in [-0.4, -0.2) is 34.6 Å². The summed E-state index contributed by atoms with van der Waals surface area (Å²) in [6.07, 6.45) is 0.464. The fraction of sp³-hybridized carbons (Fsp3) is 0.310. The van der Waals surface area contributed by atoms with Gasteiger partial charge in [-0.05, 0) is 51.0 Å². The smallest absolute Gasteiger partial charge is 0.243 e. The third-order valence-corrected chi connectivity index (χ3v) is 6.52. The van der Waals surface area contributed by atoms with Gasteiger partial charge in [0.1, 0.15) is 6.04 Å². The molecule has 1 N–H and O–H groups in total. The van der Waals surface area contributed by atoms with Crippen LogP contribution in [0.4, 0.5) is 0 Å². The molecule has 3 aromatic carbocycles. The third-order valence-electron chi connectivity index (χ3n) is 5.52. The summed E-state index contributed by atoms with van der Waals surface area (Å²) in [5.74, 6) is 0.0990. The molecule has 1 atom stereocenters. The van der Waals surface area contributed by atoms with E-state index in [1.165, 1.54) is 17.3 Å². The molecule has 0 radical (unpaired) electrons. The minimum atomic E-state index is -0.601. The van der Waals surface area contributed by atoms with Crippen LogP contribution in [-0.2, 0) is 22.6 Å². The van der Waals surface area contributed by atoms with Crippen molar-refractivity contribution in [1.82, 2.24) is 10.2 Å². The monoisotopic (exact) mass is 474 g/mol. The highest BCUT2D eigenvalue weighted by Gasteiger charge is 2.30. The maximum atomic E-state index is 13.6. The molecule has 0 bridgehead atoms. The van der Waals surface area contributed by atoms with E-state index in [1.54, 1.807) is 4.90 Å². The number of hydrogen-bond acceptors (Lipinski definition) is 3. The van der Waals surface area contributed by atoms with E-state index < -0.39 is 6.04 Å². The van der Waals surface area contributed by atoms with Crippen molar-refractivity contribution in [3.8, 4) is 0 Å². The van der Waals surface area contributed by atoms with Crippen LogP contribution in [0.1, 0.15) is 36.1 Å². The Morgan fingerprint density at radius 1 is 0.853 bits per heavy atom. The number of nitrogens with zero attached hydrogens (tertiary/aromatic N) is 1. The summed E-state index contributed by atoms with van der Waals surface area (Å²) in [5.41, 5.74) is 4.36. The van der Waals surface area contributed by atoms with E-state index in [2.05, 4.69) is 11.4 Å². The van der Waals surface area contributed by atoms with Gasteiger partial charge in [-0.15, -0.1) is 11.8 Å². The Morgan fingerprint density at radius 2 is 1.53 bits per heavy atom. The molecule has 0 aromatic heterocycles. The first kappa shape index (κ1) is 25.6. The van der Waals surface area contributed by atoms with Crippen molar-refractivity contribution >= 4 is 23.6 Å². The Morgan fingerprint density at radius 3 is 2.18 bits per heavy atom. The predicted octanol–water partition coefficient (Wildman–Crippen LogP) is 5.56. The van der Waals surface area contributed by atoms with Gasteiger partial charge >= 0.3 is 0 Å². The Balaban J connectivity index is 1.90. The van der Waals surface area contributed by atoms with Crippen molar-refractivity contribution in [2.45, 2.75) is 57.6 Å². The molecule has 3 aromatic rings. The zero-order valence-corrected chi connectivity index (χ0v) is 21.3. The number of carbonyl (C=O) groups excluding carboxylic acids is 2. The van der Waals surface area contributed by atoms with Gasteiger partial charge in [-0.3, -0.25) is 9.59 Å². The quantitative estimate of drug-likeness (QED) is 0.391. The molecular formula is C29H34N2O2S. The van der Waals surface area contributed by atoms with Gasteiger partial charge in [0.2, 0.25) is 11.8 Å². The summed E-state index contributed by atoms with van der Waals surface area (Å²) in [7, 11) is 0. The number of amides is 2. The van der Waals surface area contributed by atoms with Crippen molar-refractivity contribution in [3.63, 3.8) is 0 Å². The zero-order chi connectivity index (χ0) is 24.5. The first-order valence-electron chi connectivity index (χ1n) is 11.7. The Kier molecular flexibility index (Phi) is 9.34. The lowest BCUT2D eigenvalue weighted by Gasteiger charge is -2.32. The highest BCUT2D eigenvalue weighted by atomic mass is 32.2. The summed E-state index contributed by atoms with van der Waals surface area (Å²) in [6.45, 7) is 8.35. The van der Waals surface area contributed by atoms with Gasteiger partial charge in [-0.2, -0.15) is 0 Å². The third kappa shape index (κ3) is 7.77. The van der Waals surface area contributed by atoms with E-state index >= 15 is 0 Å². The molecule has 0 heterocycles. The molecule has 2 amide bonds. The molecule has 0 saturated carbocycles. The fourth-order valence-corrected chi connectivity index (χ4v) is 4.59. The summed E-state index contributed by atoms with van der Waals surface area (Å²) in [6, 6.07) is 25.6. The first-order valence-corrected chi connectivity index (χ1v) is 12.7. The number of benzene rings is 3. The Bertz CT molecular complexity index is 1080. The molecule has 0 saturated heterocycles. The lowest BCUT2D eigenvalue weighted by atomic mass is 10.0. The molecule has 0 aliphatic carbocycles. The largest absolute Gasteiger partial charge is 0.352 e. The fourth-order valence-electron chi connectivity index (χ4n) is 3.80. The van der Waals surface area contributed by atoms with Crippen LogP contribution in [0.15, 0.2) is 83.8 Å². The van der Waals surface area contributed by atoms with Crippen LogP contribution < -0.4 is 5.32 Å². The molecule has 5 heteroatoms. The topological polar surface area (TPSA) is 49.4 Å². The number of thioether (sulfide) groups is 1. The second-order valence-corrected chi connectivity index (χ2v) is 10.0. The van der Waals surface area contributed by atoms with Crippen LogP contribution in [0.3, 0.4) is 0 Å². The summed E-state index contributed by atoms with van der Waals surface area (Å²) in [5, 5.41) is 3.04. The van der Waals surface area contributed by atoms with E-state index in [0.717, 1.165) is 21.6 Å². The number of rotatable bonds is 10. The second kappa shape index (κ2) is 12.4. The minimum absolute atomic E-state index is 0.0105. The normalized spacial score (nSPS) is 11.8. The van der Waals surface area contributed by atoms with Gasteiger partial charge < -0.3 is 10.2 Å². The highest BCUT2D eigenvalue weighted by molar-refractivity contribution is 8.00. The van der Waals surface area contributed by atoms with E-state index in [9.17, 15) is 9.59 Å². The van der Waals surface area contributed by atoms with Crippen LogP contribution in [0.25, 0.3) is 0 Å². The predicted molar refractivity (Wildman–Crippen MR) is 141 cm³/mol. The molecule has 34 heavy (non-hydrogen) atoms. The average Bonchev–Trinajstić information content (AvgIpc) is 2.81. The second-order valence-electron chi connectivity index (χ2n) is 8.98. The number of carbonyl (C=O) groups is 2. The molecule has 0 fully saturated rings. The number of hydrogen-bond donors (Lipinski definition) is 1. The molecule has 4 nitrogen and oxygen atoms in total. The van der Waals surface area contributed by atoms with Crippen molar-refractivity contribution in [3.05, 3.63) is 101 Å². The summed E-state index contributed by atoms with van der Waals surface area (Å²) < 4.78 is 0. The molecule has 0 spiro atoms. The highest BCUT2D eigenvalue weighted by Crippen LogP contribution is 2.22. The van der Waals surface area contributed by atoms with Gasteiger partial charge in [0, 0.05) is 23.9 Å². The molecule has 178 valence electrons. The van der Waals surface area contributed by atoms with E-state index in [-0.39, 0.29) is 23.6 Å². The van der Waals surface area contributed by atoms with Crippen LogP contribution >= 0.6 is 11.8 Å². The maximum Gasteiger partial charge on any atom is 0.243 e. The van der Waals surface area contributed by atoms with Gasteiger partial charge in [0.25, 0.3) is 0 Å². The van der Waals surface area contributed by atoms with Gasteiger partial charge in [0.15, 0.2) is 0 Å². The van der Waals surface area contributed by atoms with Gasteiger partial charge in [-0.25, -0.2) is 0 Å². The van der Waals surface area contributed by atoms with Crippen LogP contribution in [0.2, 0.25) is 0 Å². The van der Waals surface area contributed by atoms with E-state index in [0.29, 0.717) is 13.0 Å². The Hall–Kier alpha value is -3.05. The molecular weight excluding hydrogens is 440 g/mol. The number of nitrogens with one attached hydrogen (secondary N) is 1.